The minimum atomic E-state index is -0.0366. The highest BCUT2D eigenvalue weighted by atomic mass is 19.1. The number of hydrogen-bond donors (Lipinski definition) is 1. The summed E-state index contributed by atoms with van der Waals surface area (Å²) >= 11 is 0. The summed E-state index contributed by atoms with van der Waals surface area (Å²) in [7, 11) is 0. The van der Waals surface area contributed by atoms with E-state index in [9.17, 15) is 4.39 Å². The summed E-state index contributed by atoms with van der Waals surface area (Å²) in [6.07, 6.45) is 6.01. The second kappa shape index (κ2) is 6.51. The van der Waals surface area contributed by atoms with Crippen LogP contribution in [-0.2, 0) is 0 Å². The Morgan fingerprint density at radius 2 is 2.11 bits per heavy atom. The molecule has 2 atom stereocenters. The van der Waals surface area contributed by atoms with E-state index in [0.29, 0.717) is 5.92 Å². The van der Waals surface area contributed by atoms with Gasteiger partial charge in [-0.05, 0) is 42.9 Å². The van der Waals surface area contributed by atoms with Crippen LogP contribution in [0.5, 0.6) is 0 Å². The van der Waals surface area contributed by atoms with Crippen molar-refractivity contribution in [2.24, 2.45) is 5.41 Å². The van der Waals surface area contributed by atoms with Gasteiger partial charge in [0.25, 0.3) is 0 Å². The molecule has 0 aromatic heterocycles. The number of benzene rings is 1. The summed E-state index contributed by atoms with van der Waals surface area (Å²) in [6.45, 7) is 6.50. The number of piperidine rings is 1. The number of nitrogens with one attached hydrogen (secondary N) is 1. The molecular weight excluding hydrogens is 237 g/mol. The fourth-order valence-electron chi connectivity index (χ4n) is 3.60. The zero-order chi connectivity index (χ0) is 13.7. The average Bonchev–Trinajstić information content (AvgIpc) is 2.46. The first kappa shape index (κ1) is 14.5. The van der Waals surface area contributed by atoms with Gasteiger partial charge in [0.1, 0.15) is 5.82 Å². The van der Waals surface area contributed by atoms with Gasteiger partial charge in [-0.2, -0.15) is 0 Å². The van der Waals surface area contributed by atoms with Gasteiger partial charge in [0.15, 0.2) is 0 Å². The topological polar surface area (TPSA) is 12.0 Å². The highest BCUT2D eigenvalue weighted by molar-refractivity contribution is 5.25. The van der Waals surface area contributed by atoms with Crippen molar-refractivity contribution in [2.45, 2.75) is 51.9 Å². The molecule has 0 radical (unpaired) electrons. The van der Waals surface area contributed by atoms with Crippen LogP contribution in [0.1, 0.15) is 57.4 Å². The lowest BCUT2D eigenvalue weighted by Gasteiger charge is -2.45. The predicted octanol–water partition coefficient (Wildman–Crippen LogP) is 4.49. The van der Waals surface area contributed by atoms with Crippen molar-refractivity contribution in [1.82, 2.24) is 5.32 Å². The molecule has 1 nitrogen and oxygen atoms in total. The van der Waals surface area contributed by atoms with Gasteiger partial charge in [0.05, 0.1) is 0 Å². The number of halogens is 1. The molecule has 1 aromatic rings. The van der Waals surface area contributed by atoms with Gasteiger partial charge < -0.3 is 5.32 Å². The summed E-state index contributed by atoms with van der Waals surface area (Å²) in [5.74, 6) is 0.282. The third-order valence-electron chi connectivity index (χ3n) is 4.90. The molecule has 0 aliphatic carbocycles. The molecule has 0 spiro atoms. The second-order valence-electron chi connectivity index (χ2n) is 5.85. The smallest absolute Gasteiger partial charge is 0.126 e. The van der Waals surface area contributed by atoms with Crippen LogP contribution in [0.2, 0.25) is 0 Å². The predicted molar refractivity (Wildman–Crippen MR) is 78.9 cm³/mol. The van der Waals surface area contributed by atoms with E-state index >= 15 is 0 Å². The van der Waals surface area contributed by atoms with E-state index in [4.69, 9.17) is 0 Å². The Balaban J connectivity index is 2.31. The van der Waals surface area contributed by atoms with Crippen LogP contribution in [0.4, 0.5) is 4.39 Å². The Hall–Kier alpha value is -0.890. The maximum Gasteiger partial charge on any atom is 0.126 e. The van der Waals surface area contributed by atoms with Crippen LogP contribution in [0.15, 0.2) is 24.3 Å². The van der Waals surface area contributed by atoms with E-state index in [1.807, 2.05) is 12.1 Å². The maximum atomic E-state index is 14.1. The van der Waals surface area contributed by atoms with Gasteiger partial charge in [-0.25, -0.2) is 4.39 Å². The minimum absolute atomic E-state index is 0.0366. The molecule has 2 rings (SSSR count). The van der Waals surface area contributed by atoms with Gasteiger partial charge in [-0.15, -0.1) is 0 Å². The van der Waals surface area contributed by atoms with E-state index in [-0.39, 0.29) is 11.2 Å². The van der Waals surface area contributed by atoms with Gasteiger partial charge in [0.2, 0.25) is 0 Å². The van der Waals surface area contributed by atoms with Gasteiger partial charge in [-0.3, -0.25) is 0 Å². The average molecular weight is 263 g/mol. The zero-order valence-corrected chi connectivity index (χ0v) is 12.2. The first-order valence-electron chi connectivity index (χ1n) is 7.68. The van der Waals surface area contributed by atoms with E-state index in [0.717, 1.165) is 25.1 Å². The lowest BCUT2D eigenvalue weighted by molar-refractivity contribution is 0.134. The van der Waals surface area contributed by atoms with Gasteiger partial charge >= 0.3 is 0 Å². The van der Waals surface area contributed by atoms with Gasteiger partial charge in [-0.1, -0.05) is 44.9 Å². The molecule has 1 aromatic carbocycles. The molecule has 1 fully saturated rings. The lowest BCUT2D eigenvalue weighted by Crippen LogP contribution is -2.43. The molecule has 19 heavy (non-hydrogen) atoms. The van der Waals surface area contributed by atoms with Crippen LogP contribution in [0.25, 0.3) is 0 Å². The Morgan fingerprint density at radius 3 is 2.79 bits per heavy atom. The number of hydrogen-bond acceptors (Lipinski definition) is 1. The zero-order valence-electron chi connectivity index (χ0n) is 12.2. The molecule has 1 aliphatic heterocycles. The fourth-order valence-corrected chi connectivity index (χ4v) is 3.60. The summed E-state index contributed by atoms with van der Waals surface area (Å²) in [5.41, 5.74) is 1.19. The molecule has 2 unspecified atom stereocenters. The van der Waals surface area contributed by atoms with Crippen molar-refractivity contribution in [1.29, 1.82) is 0 Å². The van der Waals surface area contributed by atoms with Crippen LogP contribution < -0.4 is 5.32 Å². The van der Waals surface area contributed by atoms with Crippen molar-refractivity contribution >= 4 is 0 Å². The molecule has 1 saturated heterocycles. The quantitative estimate of drug-likeness (QED) is 0.825. The van der Waals surface area contributed by atoms with Crippen molar-refractivity contribution in [3.63, 3.8) is 0 Å². The summed E-state index contributed by atoms with van der Waals surface area (Å²) in [6, 6.07) is 7.33. The Bertz CT molecular complexity index is 404. The normalized spacial score (nSPS) is 27.4. The standard InChI is InChI=1S/C17H26FN/c1-3-5-10-17(4-2)11-12-19-13-15(17)14-8-6-7-9-16(14)18/h6-9,15,19H,3-5,10-13H2,1-2H3. The van der Waals surface area contributed by atoms with Crippen LogP contribution in [0, 0.1) is 11.2 Å². The van der Waals surface area contributed by atoms with Crippen molar-refractivity contribution in [2.75, 3.05) is 13.1 Å². The largest absolute Gasteiger partial charge is 0.316 e. The second-order valence-corrected chi connectivity index (χ2v) is 5.85. The van der Waals surface area contributed by atoms with Crippen molar-refractivity contribution in [3.05, 3.63) is 35.6 Å². The molecule has 0 saturated carbocycles. The Kier molecular flexibility index (Phi) is 4.98. The van der Waals surface area contributed by atoms with Crippen LogP contribution in [0.3, 0.4) is 0 Å². The molecule has 1 heterocycles. The monoisotopic (exact) mass is 263 g/mol. The molecule has 2 heteroatoms. The fraction of sp³-hybridized carbons (Fsp3) is 0.647. The lowest BCUT2D eigenvalue weighted by atomic mass is 9.63. The van der Waals surface area contributed by atoms with Crippen LogP contribution in [-0.4, -0.2) is 13.1 Å². The van der Waals surface area contributed by atoms with E-state index < -0.39 is 0 Å². The molecule has 0 bridgehead atoms. The Labute approximate surface area is 116 Å². The maximum absolute atomic E-state index is 14.1. The van der Waals surface area contributed by atoms with E-state index in [2.05, 4.69) is 19.2 Å². The molecule has 1 aliphatic rings. The third kappa shape index (κ3) is 3.00. The van der Waals surface area contributed by atoms with Crippen molar-refractivity contribution in [3.8, 4) is 0 Å². The SMILES string of the molecule is CCCCC1(CC)CCNCC1c1ccccc1F. The van der Waals surface area contributed by atoms with Crippen molar-refractivity contribution < 1.29 is 4.39 Å². The Morgan fingerprint density at radius 1 is 1.32 bits per heavy atom. The third-order valence-corrected chi connectivity index (χ3v) is 4.90. The first-order chi connectivity index (χ1) is 9.23. The molecular formula is C17H26FN. The number of unbranched alkanes of at least 4 members (excludes halogenated alkanes) is 1. The summed E-state index contributed by atoms with van der Waals surface area (Å²) in [5, 5.41) is 3.46. The summed E-state index contributed by atoms with van der Waals surface area (Å²) < 4.78 is 14.1. The molecule has 1 N–H and O–H groups in total. The van der Waals surface area contributed by atoms with Crippen LogP contribution >= 0.6 is 0 Å². The summed E-state index contributed by atoms with van der Waals surface area (Å²) in [4.78, 5) is 0. The van der Waals surface area contributed by atoms with E-state index in [1.165, 1.54) is 25.7 Å². The highest BCUT2D eigenvalue weighted by Gasteiger charge is 2.40. The molecule has 106 valence electrons. The minimum Gasteiger partial charge on any atom is -0.316 e. The first-order valence-corrected chi connectivity index (χ1v) is 7.68. The number of rotatable bonds is 5. The van der Waals surface area contributed by atoms with Gasteiger partial charge in [0, 0.05) is 12.5 Å². The molecule has 0 amide bonds. The highest BCUT2D eigenvalue weighted by Crippen LogP contribution is 2.47. The van der Waals surface area contributed by atoms with E-state index in [1.54, 1.807) is 12.1 Å².